The van der Waals surface area contributed by atoms with Crippen molar-refractivity contribution in [2.75, 3.05) is 5.75 Å². The normalized spacial score (nSPS) is 10.8. The van der Waals surface area contributed by atoms with Gasteiger partial charge in [0.05, 0.1) is 28.9 Å². The fourth-order valence-corrected chi connectivity index (χ4v) is 3.69. The number of fused-ring (bicyclic) bond motifs is 1. The lowest BCUT2D eigenvalue weighted by Crippen LogP contribution is -2.26. The molecule has 0 bridgehead atoms. The van der Waals surface area contributed by atoms with E-state index in [-0.39, 0.29) is 17.2 Å². The molecule has 8 heteroatoms. The Labute approximate surface area is 163 Å². The van der Waals surface area contributed by atoms with Gasteiger partial charge in [-0.2, -0.15) is 0 Å². The van der Waals surface area contributed by atoms with Gasteiger partial charge in [-0.1, -0.05) is 33.8 Å². The lowest BCUT2D eigenvalue weighted by atomic mass is 10.2. The molecule has 6 nitrogen and oxygen atoms in total. The quantitative estimate of drug-likeness (QED) is 0.478. The number of nitrogens with zero attached hydrogens (tertiary/aromatic N) is 3. The molecule has 0 saturated heterocycles. The van der Waals surface area contributed by atoms with E-state index in [2.05, 4.69) is 31.2 Å². The number of pyridine rings is 1. The maximum absolute atomic E-state index is 12.7. The zero-order valence-electron chi connectivity index (χ0n) is 14.1. The van der Waals surface area contributed by atoms with Crippen LogP contribution in [0.15, 0.2) is 57.0 Å². The van der Waals surface area contributed by atoms with Gasteiger partial charge in [0.1, 0.15) is 0 Å². The van der Waals surface area contributed by atoms with Crippen LogP contribution in [0.4, 0.5) is 0 Å². The lowest BCUT2D eigenvalue weighted by molar-refractivity contribution is -0.118. The van der Waals surface area contributed by atoms with E-state index in [1.165, 1.54) is 11.8 Å². The summed E-state index contributed by atoms with van der Waals surface area (Å²) in [4.78, 5) is 33.5. The van der Waals surface area contributed by atoms with E-state index in [1.807, 2.05) is 31.2 Å². The standard InChI is InChI=1S/C18H17BrN4O2S/c1-2-23-17(25)14-9-12(19)6-7-15(14)22-18(23)26-11-16(24)21-10-13-5-3-4-8-20-13/h3-9H,2,10-11H2,1H3,(H,21,24). The third kappa shape index (κ3) is 4.31. The molecule has 3 aromatic rings. The summed E-state index contributed by atoms with van der Waals surface area (Å²) in [6, 6.07) is 11.0. The number of hydrogen-bond donors (Lipinski definition) is 1. The molecule has 0 aliphatic heterocycles. The minimum absolute atomic E-state index is 0.102. The molecule has 0 fully saturated rings. The molecule has 0 atom stereocenters. The van der Waals surface area contributed by atoms with Gasteiger partial charge in [-0.15, -0.1) is 0 Å². The molecule has 3 rings (SSSR count). The molecular weight excluding hydrogens is 416 g/mol. The van der Waals surface area contributed by atoms with Gasteiger partial charge in [-0.3, -0.25) is 19.1 Å². The molecule has 26 heavy (non-hydrogen) atoms. The lowest BCUT2D eigenvalue weighted by Gasteiger charge is -2.11. The zero-order valence-corrected chi connectivity index (χ0v) is 16.5. The van der Waals surface area contributed by atoms with E-state index in [0.717, 1.165) is 10.2 Å². The number of aromatic nitrogens is 3. The number of hydrogen-bond acceptors (Lipinski definition) is 5. The number of carbonyl (C=O) groups excluding carboxylic acids is 1. The first-order valence-corrected chi connectivity index (χ1v) is 9.86. The number of benzene rings is 1. The summed E-state index contributed by atoms with van der Waals surface area (Å²) in [7, 11) is 0. The fraction of sp³-hybridized carbons (Fsp3) is 0.222. The van der Waals surface area contributed by atoms with E-state index >= 15 is 0 Å². The average Bonchev–Trinajstić information content (AvgIpc) is 2.66. The van der Waals surface area contributed by atoms with Crippen molar-refractivity contribution in [3.05, 3.63) is 63.1 Å². The maximum Gasteiger partial charge on any atom is 0.262 e. The summed E-state index contributed by atoms with van der Waals surface area (Å²) >= 11 is 4.63. The van der Waals surface area contributed by atoms with Crippen LogP contribution in [0.25, 0.3) is 10.9 Å². The maximum atomic E-state index is 12.7. The van der Waals surface area contributed by atoms with Crippen LogP contribution in [0.3, 0.4) is 0 Å². The third-order valence-corrected chi connectivity index (χ3v) is 5.19. The van der Waals surface area contributed by atoms with Crippen molar-refractivity contribution in [2.45, 2.75) is 25.2 Å². The largest absolute Gasteiger partial charge is 0.350 e. The van der Waals surface area contributed by atoms with Gasteiger partial charge in [-0.25, -0.2) is 4.98 Å². The Kier molecular flexibility index (Phi) is 6.05. The molecule has 1 N–H and O–H groups in total. The van der Waals surface area contributed by atoms with Gasteiger partial charge in [-0.05, 0) is 37.3 Å². The van der Waals surface area contributed by atoms with Gasteiger partial charge >= 0.3 is 0 Å². The molecule has 2 heterocycles. The highest BCUT2D eigenvalue weighted by Crippen LogP contribution is 2.20. The van der Waals surface area contributed by atoms with Crippen LogP contribution >= 0.6 is 27.7 Å². The van der Waals surface area contributed by atoms with Crippen LogP contribution in [-0.2, 0) is 17.9 Å². The molecule has 1 amide bonds. The van der Waals surface area contributed by atoms with Crippen molar-refractivity contribution in [2.24, 2.45) is 0 Å². The SMILES string of the molecule is CCn1c(SCC(=O)NCc2ccccn2)nc2ccc(Br)cc2c1=O. The summed E-state index contributed by atoms with van der Waals surface area (Å²) in [6.07, 6.45) is 1.69. The predicted molar refractivity (Wildman–Crippen MR) is 106 cm³/mol. The number of halogens is 1. The Balaban J connectivity index is 1.73. The van der Waals surface area contributed by atoms with Crippen LogP contribution in [0, 0.1) is 0 Å². The number of thioether (sulfide) groups is 1. The highest BCUT2D eigenvalue weighted by atomic mass is 79.9. The zero-order chi connectivity index (χ0) is 18.5. The van der Waals surface area contributed by atoms with E-state index in [0.29, 0.717) is 29.1 Å². The number of rotatable bonds is 6. The average molecular weight is 433 g/mol. The second-order valence-electron chi connectivity index (χ2n) is 5.49. The van der Waals surface area contributed by atoms with Crippen LogP contribution in [0.1, 0.15) is 12.6 Å². The summed E-state index contributed by atoms with van der Waals surface area (Å²) in [5.41, 5.74) is 1.32. The highest BCUT2D eigenvalue weighted by Gasteiger charge is 2.12. The minimum Gasteiger partial charge on any atom is -0.350 e. The van der Waals surface area contributed by atoms with Crippen molar-refractivity contribution in [3.8, 4) is 0 Å². The topological polar surface area (TPSA) is 76.9 Å². The smallest absolute Gasteiger partial charge is 0.262 e. The molecule has 0 spiro atoms. The first kappa shape index (κ1) is 18.6. The number of amides is 1. The van der Waals surface area contributed by atoms with Gasteiger partial charge in [0.15, 0.2) is 5.16 Å². The monoisotopic (exact) mass is 432 g/mol. The Morgan fingerprint density at radius 3 is 2.88 bits per heavy atom. The highest BCUT2D eigenvalue weighted by molar-refractivity contribution is 9.10. The fourth-order valence-electron chi connectivity index (χ4n) is 2.43. The molecule has 0 unspecified atom stereocenters. The molecule has 2 aromatic heterocycles. The van der Waals surface area contributed by atoms with Gasteiger partial charge < -0.3 is 5.32 Å². The molecular formula is C18H17BrN4O2S. The Morgan fingerprint density at radius 2 is 2.15 bits per heavy atom. The second-order valence-corrected chi connectivity index (χ2v) is 7.35. The number of nitrogens with one attached hydrogen (secondary N) is 1. The Hall–Kier alpha value is -2.19. The van der Waals surface area contributed by atoms with Crippen LogP contribution in [0.5, 0.6) is 0 Å². The van der Waals surface area contributed by atoms with Crippen LogP contribution in [-0.4, -0.2) is 26.2 Å². The van der Waals surface area contributed by atoms with Crippen molar-refractivity contribution in [1.82, 2.24) is 19.9 Å². The van der Waals surface area contributed by atoms with E-state index in [4.69, 9.17) is 0 Å². The summed E-state index contributed by atoms with van der Waals surface area (Å²) in [5, 5.41) is 3.92. The molecule has 0 saturated carbocycles. The van der Waals surface area contributed by atoms with E-state index < -0.39 is 0 Å². The molecule has 0 aliphatic rings. The summed E-state index contributed by atoms with van der Waals surface area (Å²) in [6.45, 7) is 2.75. The van der Waals surface area contributed by atoms with Gasteiger partial charge in [0, 0.05) is 17.2 Å². The first-order chi connectivity index (χ1) is 12.6. The van der Waals surface area contributed by atoms with Crippen LogP contribution in [0.2, 0.25) is 0 Å². The van der Waals surface area contributed by atoms with Crippen LogP contribution < -0.4 is 10.9 Å². The molecule has 134 valence electrons. The summed E-state index contributed by atoms with van der Waals surface area (Å²) < 4.78 is 2.42. The second kappa shape index (κ2) is 8.46. The molecule has 1 aromatic carbocycles. The molecule has 0 aliphatic carbocycles. The Bertz CT molecular complexity index is 992. The van der Waals surface area contributed by atoms with Gasteiger partial charge in [0.2, 0.25) is 5.91 Å². The van der Waals surface area contributed by atoms with Crippen molar-refractivity contribution in [1.29, 1.82) is 0 Å². The van der Waals surface area contributed by atoms with E-state index in [1.54, 1.807) is 22.9 Å². The Morgan fingerprint density at radius 1 is 1.31 bits per heavy atom. The number of carbonyl (C=O) groups is 1. The van der Waals surface area contributed by atoms with Crippen molar-refractivity contribution >= 4 is 44.5 Å². The van der Waals surface area contributed by atoms with Gasteiger partial charge in [0.25, 0.3) is 5.56 Å². The van der Waals surface area contributed by atoms with Crippen molar-refractivity contribution in [3.63, 3.8) is 0 Å². The minimum atomic E-state index is -0.131. The predicted octanol–water partition coefficient (Wildman–Crippen LogP) is 2.98. The van der Waals surface area contributed by atoms with E-state index in [9.17, 15) is 9.59 Å². The first-order valence-electron chi connectivity index (χ1n) is 8.08. The third-order valence-electron chi connectivity index (χ3n) is 3.72. The molecule has 0 radical (unpaired) electrons. The summed E-state index contributed by atoms with van der Waals surface area (Å²) in [5.74, 6) is 0.0508. The van der Waals surface area contributed by atoms with Crippen molar-refractivity contribution < 1.29 is 4.79 Å².